The average molecular weight is 300 g/mol. The number of carbonyl (C=O) groups is 2. The molecule has 1 aliphatic rings. The molecule has 1 amide bonds. The second kappa shape index (κ2) is 5.29. The highest BCUT2D eigenvalue weighted by atomic mass is 16.4. The Hall–Kier alpha value is -2.63. The summed E-state index contributed by atoms with van der Waals surface area (Å²) in [4.78, 5) is 28.9. The number of carboxylic acid groups (broad SMARTS) is 1. The molecule has 6 nitrogen and oxygen atoms in total. The number of carbonyl (C=O) groups excluding carboxylic acids is 1. The lowest BCUT2D eigenvalue weighted by molar-refractivity contribution is -0.141. The SMILES string of the molecule is Cc1nc(-c2cccc(N3CC(C(=O)O)CC3=O)c2)oc1C. The minimum atomic E-state index is -0.939. The number of hydrogen-bond donors (Lipinski definition) is 1. The van der Waals surface area contributed by atoms with Crippen LogP contribution in [0.3, 0.4) is 0 Å². The standard InChI is InChI=1S/C16H16N2O4/c1-9-10(2)22-15(17-9)11-4-3-5-13(6-11)18-8-12(16(20)21)7-14(18)19/h3-6,12H,7-8H2,1-2H3,(H,20,21). The summed E-state index contributed by atoms with van der Waals surface area (Å²) in [5.74, 6) is -0.514. The molecule has 0 spiro atoms. The Morgan fingerprint density at radius 1 is 1.41 bits per heavy atom. The maximum absolute atomic E-state index is 12.0. The van der Waals surface area contributed by atoms with Crippen molar-refractivity contribution in [2.75, 3.05) is 11.4 Å². The smallest absolute Gasteiger partial charge is 0.308 e. The van der Waals surface area contributed by atoms with Gasteiger partial charge in [-0.05, 0) is 32.0 Å². The van der Waals surface area contributed by atoms with Gasteiger partial charge in [0.2, 0.25) is 11.8 Å². The van der Waals surface area contributed by atoms with Gasteiger partial charge in [-0.15, -0.1) is 0 Å². The minimum absolute atomic E-state index is 0.0385. The predicted octanol–water partition coefficient (Wildman–Crippen LogP) is 2.40. The Bertz CT molecular complexity index is 731. The number of anilines is 1. The zero-order valence-electron chi connectivity index (χ0n) is 12.4. The highest BCUT2D eigenvalue weighted by Gasteiger charge is 2.35. The molecule has 3 rings (SSSR count). The molecule has 1 saturated heterocycles. The molecule has 0 aliphatic carbocycles. The van der Waals surface area contributed by atoms with Crippen molar-refractivity contribution in [2.24, 2.45) is 5.92 Å². The van der Waals surface area contributed by atoms with Gasteiger partial charge < -0.3 is 14.4 Å². The first-order chi connectivity index (χ1) is 10.5. The molecule has 1 aliphatic heterocycles. The highest BCUT2D eigenvalue weighted by molar-refractivity contribution is 5.99. The maximum atomic E-state index is 12.0. The van der Waals surface area contributed by atoms with Crippen LogP contribution in [0.25, 0.3) is 11.5 Å². The van der Waals surface area contributed by atoms with Crippen molar-refractivity contribution in [2.45, 2.75) is 20.3 Å². The quantitative estimate of drug-likeness (QED) is 0.941. The third-order valence-electron chi connectivity index (χ3n) is 3.91. The molecule has 1 atom stereocenters. The first-order valence-electron chi connectivity index (χ1n) is 7.03. The Balaban J connectivity index is 1.91. The van der Waals surface area contributed by atoms with Crippen molar-refractivity contribution in [3.63, 3.8) is 0 Å². The van der Waals surface area contributed by atoms with Crippen molar-refractivity contribution in [3.05, 3.63) is 35.7 Å². The fourth-order valence-electron chi connectivity index (χ4n) is 2.53. The molecule has 6 heteroatoms. The van der Waals surface area contributed by atoms with Crippen LogP contribution in [0.1, 0.15) is 17.9 Å². The van der Waals surface area contributed by atoms with E-state index in [2.05, 4.69) is 4.98 Å². The van der Waals surface area contributed by atoms with E-state index in [1.165, 1.54) is 4.90 Å². The average Bonchev–Trinajstić information content (AvgIpc) is 3.03. The molecule has 2 heterocycles. The van der Waals surface area contributed by atoms with Crippen LogP contribution >= 0.6 is 0 Å². The lowest BCUT2D eigenvalue weighted by atomic mass is 10.1. The van der Waals surface area contributed by atoms with Crippen molar-refractivity contribution in [1.82, 2.24) is 4.98 Å². The summed E-state index contributed by atoms with van der Waals surface area (Å²) in [5.41, 5.74) is 2.25. The van der Waals surface area contributed by atoms with Crippen molar-refractivity contribution < 1.29 is 19.1 Å². The number of amides is 1. The summed E-state index contributed by atoms with van der Waals surface area (Å²) >= 11 is 0. The van der Waals surface area contributed by atoms with Gasteiger partial charge in [-0.3, -0.25) is 9.59 Å². The number of carboxylic acids is 1. The summed E-state index contributed by atoms with van der Waals surface area (Å²) in [7, 11) is 0. The Morgan fingerprint density at radius 2 is 2.18 bits per heavy atom. The lowest BCUT2D eigenvalue weighted by Crippen LogP contribution is -2.25. The van der Waals surface area contributed by atoms with Crippen LogP contribution in [0.2, 0.25) is 0 Å². The van der Waals surface area contributed by atoms with E-state index >= 15 is 0 Å². The molecule has 1 aromatic heterocycles. The van der Waals surface area contributed by atoms with Crippen LogP contribution < -0.4 is 4.90 Å². The van der Waals surface area contributed by atoms with Crippen molar-refractivity contribution in [3.8, 4) is 11.5 Å². The number of aromatic nitrogens is 1. The van der Waals surface area contributed by atoms with Crippen molar-refractivity contribution in [1.29, 1.82) is 0 Å². The van der Waals surface area contributed by atoms with Gasteiger partial charge in [0.05, 0.1) is 11.6 Å². The molecular formula is C16H16N2O4. The monoisotopic (exact) mass is 300 g/mol. The Morgan fingerprint density at radius 3 is 2.77 bits per heavy atom. The molecule has 0 radical (unpaired) electrons. The molecule has 114 valence electrons. The minimum Gasteiger partial charge on any atom is -0.481 e. The number of nitrogens with zero attached hydrogens (tertiary/aromatic N) is 2. The van der Waals surface area contributed by atoms with Gasteiger partial charge >= 0.3 is 5.97 Å². The molecule has 2 aromatic rings. The van der Waals surface area contributed by atoms with E-state index in [1.807, 2.05) is 19.9 Å². The van der Waals surface area contributed by atoms with Crippen LogP contribution in [0.4, 0.5) is 5.69 Å². The zero-order chi connectivity index (χ0) is 15.9. The van der Waals surface area contributed by atoms with Gasteiger partial charge in [0.15, 0.2) is 0 Å². The molecule has 1 N–H and O–H groups in total. The Kier molecular flexibility index (Phi) is 3.44. The fraction of sp³-hybridized carbons (Fsp3) is 0.312. The Labute approximate surface area is 127 Å². The zero-order valence-corrected chi connectivity index (χ0v) is 12.4. The first-order valence-corrected chi connectivity index (χ1v) is 7.03. The predicted molar refractivity (Wildman–Crippen MR) is 79.5 cm³/mol. The summed E-state index contributed by atoms with van der Waals surface area (Å²) in [6.45, 7) is 3.91. The van der Waals surface area contributed by atoms with Crippen LogP contribution in [-0.2, 0) is 9.59 Å². The summed E-state index contributed by atoms with van der Waals surface area (Å²) in [5, 5.41) is 9.06. The van der Waals surface area contributed by atoms with Gasteiger partial charge in [0.1, 0.15) is 5.76 Å². The van der Waals surface area contributed by atoms with E-state index in [-0.39, 0.29) is 18.9 Å². The number of aryl methyl sites for hydroxylation is 2. The largest absolute Gasteiger partial charge is 0.481 e. The topological polar surface area (TPSA) is 83.6 Å². The van der Waals surface area contributed by atoms with E-state index in [0.717, 1.165) is 17.0 Å². The van der Waals surface area contributed by atoms with E-state index in [1.54, 1.807) is 18.2 Å². The lowest BCUT2D eigenvalue weighted by Gasteiger charge is -2.16. The fourth-order valence-corrected chi connectivity index (χ4v) is 2.53. The maximum Gasteiger partial charge on any atom is 0.308 e. The van der Waals surface area contributed by atoms with Crippen LogP contribution in [0, 0.1) is 19.8 Å². The number of oxazole rings is 1. The van der Waals surface area contributed by atoms with Gasteiger partial charge in [-0.1, -0.05) is 6.07 Å². The van der Waals surface area contributed by atoms with Gasteiger partial charge in [-0.25, -0.2) is 4.98 Å². The van der Waals surface area contributed by atoms with E-state index in [9.17, 15) is 9.59 Å². The number of hydrogen-bond acceptors (Lipinski definition) is 4. The number of benzene rings is 1. The second-order valence-corrected chi connectivity index (χ2v) is 5.45. The van der Waals surface area contributed by atoms with E-state index in [4.69, 9.17) is 9.52 Å². The number of rotatable bonds is 3. The molecule has 22 heavy (non-hydrogen) atoms. The molecule has 0 bridgehead atoms. The number of aliphatic carboxylic acids is 1. The second-order valence-electron chi connectivity index (χ2n) is 5.45. The summed E-state index contributed by atoms with van der Waals surface area (Å²) in [6.07, 6.45) is 0.0385. The molecule has 1 unspecified atom stereocenters. The van der Waals surface area contributed by atoms with Crippen LogP contribution in [0.5, 0.6) is 0 Å². The summed E-state index contributed by atoms with van der Waals surface area (Å²) in [6, 6.07) is 7.24. The third-order valence-corrected chi connectivity index (χ3v) is 3.91. The van der Waals surface area contributed by atoms with Gasteiger partial charge in [0.25, 0.3) is 0 Å². The summed E-state index contributed by atoms with van der Waals surface area (Å²) < 4.78 is 5.60. The van der Waals surface area contributed by atoms with E-state index in [0.29, 0.717) is 11.6 Å². The highest BCUT2D eigenvalue weighted by Crippen LogP contribution is 2.29. The van der Waals surface area contributed by atoms with Crippen LogP contribution in [-0.4, -0.2) is 28.5 Å². The van der Waals surface area contributed by atoms with E-state index < -0.39 is 11.9 Å². The van der Waals surface area contributed by atoms with Gasteiger partial charge in [0, 0.05) is 24.2 Å². The molecule has 1 aromatic carbocycles. The molecule has 0 saturated carbocycles. The van der Waals surface area contributed by atoms with Gasteiger partial charge in [-0.2, -0.15) is 0 Å². The third kappa shape index (κ3) is 2.47. The van der Waals surface area contributed by atoms with Crippen LogP contribution in [0.15, 0.2) is 28.7 Å². The normalized spacial score (nSPS) is 18.0. The molecule has 1 fully saturated rings. The first kappa shape index (κ1) is 14.3. The van der Waals surface area contributed by atoms with Crippen molar-refractivity contribution >= 4 is 17.6 Å². The molecular weight excluding hydrogens is 284 g/mol.